The van der Waals surface area contributed by atoms with Gasteiger partial charge in [0.2, 0.25) is 5.91 Å². The summed E-state index contributed by atoms with van der Waals surface area (Å²) in [7, 11) is 0. The molecule has 1 aliphatic rings. The Morgan fingerprint density at radius 3 is 2.62 bits per heavy atom. The third-order valence-corrected chi connectivity index (χ3v) is 4.98. The molecule has 0 radical (unpaired) electrons. The minimum absolute atomic E-state index is 0.108. The summed E-state index contributed by atoms with van der Waals surface area (Å²) in [6.45, 7) is 1.69. The standard InChI is InChI=1S/C24H21N3O7/c1-2-32-24(31)25-16-8-9-18-15(12-22(29)34-20(18)13-16)14-33-23(30)19-10-11-21(28)27(26-19)17-6-4-3-5-7-17/h3-9,12-13H,2,10-11,14H2,1H3,(H,25,31). The van der Waals surface area contributed by atoms with Crippen LogP contribution in [-0.4, -0.2) is 30.3 Å². The van der Waals surface area contributed by atoms with Crippen LogP contribution in [0, 0.1) is 0 Å². The van der Waals surface area contributed by atoms with E-state index in [0.29, 0.717) is 22.3 Å². The summed E-state index contributed by atoms with van der Waals surface area (Å²) in [5.41, 5.74) is 1.04. The number of hydrogen-bond donors (Lipinski definition) is 1. The van der Waals surface area contributed by atoms with Crippen molar-refractivity contribution in [2.24, 2.45) is 5.10 Å². The average molecular weight is 463 g/mol. The van der Waals surface area contributed by atoms with Crippen LogP contribution in [0.1, 0.15) is 25.3 Å². The first kappa shape index (κ1) is 22.7. The van der Waals surface area contributed by atoms with Crippen LogP contribution in [0.5, 0.6) is 0 Å². The van der Waals surface area contributed by atoms with Gasteiger partial charge in [-0.1, -0.05) is 18.2 Å². The fourth-order valence-electron chi connectivity index (χ4n) is 3.41. The third-order valence-electron chi connectivity index (χ3n) is 4.98. The number of amides is 2. The second-order valence-corrected chi connectivity index (χ2v) is 7.31. The van der Waals surface area contributed by atoms with E-state index in [1.165, 1.54) is 17.1 Å². The molecule has 1 aliphatic heterocycles. The Morgan fingerprint density at radius 1 is 1.06 bits per heavy atom. The summed E-state index contributed by atoms with van der Waals surface area (Å²) < 4.78 is 15.5. The van der Waals surface area contributed by atoms with Crippen LogP contribution in [0.3, 0.4) is 0 Å². The lowest BCUT2D eigenvalue weighted by Crippen LogP contribution is -2.34. The first-order valence-electron chi connectivity index (χ1n) is 10.6. The van der Waals surface area contributed by atoms with E-state index in [4.69, 9.17) is 13.9 Å². The number of hydrogen-bond acceptors (Lipinski definition) is 8. The van der Waals surface area contributed by atoms with Crippen LogP contribution < -0.4 is 16.0 Å². The Kier molecular flexibility index (Phi) is 6.67. The highest BCUT2D eigenvalue weighted by Crippen LogP contribution is 2.23. The molecule has 0 bridgehead atoms. The van der Waals surface area contributed by atoms with E-state index in [-0.39, 0.29) is 43.3 Å². The van der Waals surface area contributed by atoms with Crippen molar-refractivity contribution in [2.75, 3.05) is 16.9 Å². The van der Waals surface area contributed by atoms with Crippen LogP contribution in [0.2, 0.25) is 0 Å². The Labute approximate surface area is 193 Å². The maximum Gasteiger partial charge on any atom is 0.411 e. The Hall–Kier alpha value is -4.47. The summed E-state index contributed by atoms with van der Waals surface area (Å²) >= 11 is 0. The summed E-state index contributed by atoms with van der Waals surface area (Å²) in [5.74, 6) is -0.905. The molecule has 1 N–H and O–H groups in total. The average Bonchev–Trinajstić information content (AvgIpc) is 2.83. The zero-order chi connectivity index (χ0) is 24.1. The van der Waals surface area contributed by atoms with Crippen LogP contribution in [0.15, 0.2) is 68.9 Å². The molecule has 0 fully saturated rings. The number of anilines is 2. The van der Waals surface area contributed by atoms with Gasteiger partial charge in [0.15, 0.2) is 0 Å². The van der Waals surface area contributed by atoms with Gasteiger partial charge in [0, 0.05) is 41.6 Å². The van der Waals surface area contributed by atoms with Crippen molar-refractivity contribution in [3.63, 3.8) is 0 Å². The molecule has 3 aromatic rings. The normalized spacial score (nSPS) is 13.4. The maximum absolute atomic E-state index is 12.7. The highest BCUT2D eigenvalue weighted by molar-refractivity contribution is 6.38. The van der Waals surface area contributed by atoms with Gasteiger partial charge in [-0.2, -0.15) is 5.10 Å². The molecule has 2 aromatic carbocycles. The van der Waals surface area contributed by atoms with Crippen molar-refractivity contribution in [1.82, 2.24) is 0 Å². The molecule has 0 unspecified atom stereocenters. The largest absolute Gasteiger partial charge is 0.456 e. The third kappa shape index (κ3) is 5.12. The second kappa shape index (κ2) is 9.99. The van der Waals surface area contributed by atoms with Gasteiger partial charge in [0.1, 0.15) is 17.9 Å². The molecule has 0 saturated heterocycles. The fourth-order valence-corrected chi connectivity index (χ4v) is 3.41. The number of esters is 1. The molecule has 10 nitrogen and oxygen atoms in total. The predicted molar refractivity (Wildman–Crippen MR) is 124 cm³/mol. The van der Waals surface area contributed by atoms with Crippen molar-refractivity contribution in [1.29, 1.82) is 0 Å². The van der Waals surface area contributed by atoms with Gasteiger partial charge in [-0.15, -0.1) is 0 Å². The minimum atomic E-state index is -0.685. The molecule has 2 amide bonds. The quantitative estimate of drug-likeness (QED) is 0.437. The molecule has 0 saturated carbocycles. The molecular weight excluding hydrogens is 442 g/mol. The SMILES string of the molecule is CCOC(=O)Nc1ccc2c(COC(=O)C3=NN(c4ccccc4)C(=O)CC3)cc(=O)oc2c1. The molecule has 0 aliphatic carbocycles. The van der Waals surface area contributed by atoms with E-state index in [2.05, 4.69) is 10.4 Å². The first-order chi connectivity index (χ1) is 16.4. The van der Waals surface area contributed by atoms with Gasteiger partial charge in [0.05, 0.1) is 12.3 Å². The molecule has 4 rings (SSSR count). The smallest absolute Gasteiger partial charge is 0.411 e. The van der Waals surface area contributed by atoms with Crippen molar-refractivity contribution < 1.29 is 28.3 Å². The fraction of sp³-hybridized carbons (Fsp3) is 0.208. The Balaban J connectivity index is 1.51. The maximum atomic E-state index is 12.7. The van der Waals surface area contributed by atoms with Crippen molar-refractivity contribution >= 4 is 46.0 Å². The number of nitrogens with one attached hydrogen (secondary N) is 1. The first-order valence-corrected chi connectivity index (χ1v) is 10.6. The van der Waals surface area contributed by atoms with E-state index in [1.807, 2.05) is 6.07 Å². The molecule has 0 spiro atoms. The van der Waals surface area contributed by atoms with Gasteiger partial charge < -0.3 is 13.9 Å². The van der Waals surface area contributed by atoms with Crippen LogP contribution in [0.4, 0.5) is 16.2 Å². The van der Waals surface area contributed by atoms with Gasteiger partial charge in [-0.3, -0.25) is 10.1 Å². The minimum Gasteiger partial charge on any atom is -0.456 e. The number of para-hydroxylation sites is 1. The molecule has 2 heterocycles. The predicted octanol–water partition coefficient (Wildman–Crippen LogP) is 3.59. The number of rotatable bonds is 6. The van der Waals surface area contributed by atoms with Gasteiger partial charge in [-0.05, 0) is 31.2 Å². The number of benzene rings is 2. The van der Waals surface area contributed by atoms with E-state index in [1.54, 1.807) is 43.3 Å². The van der Waals surface area contributed by atoms with Crippen LogP contribution >= 0.6 is 0 Å². The molecule has 0 atom stereocenters. The molecular formula is C24H21N3O7. The van der Waals surface area contributed by atoms with Crippen LogP contribution in [0.25, 0.3) is 11.0 Å². The number of carbonyl (C=O) groups is 3. The second-order valence-electron chi connectivity index (χ2n) is 7.31. The number of ether oxygens (including phenoxy) is 2. The number of hydrazone groups is 1. The molecule has 10 heteroatoms. The molecule has 1 aromatic heterocycles. The zero-order valence-electron chi connectivity index (χ0n) is 18.3. The lowest BCUT2D eigenvalue weighted by Gasteiger charge is -2.22. The van der Waals surface area contributed by atoms with Gasteiger partial charge >= 0.3 is 17.7 Å². The van der Waals surface area contributed by atoms with Crippen molar-refractivity contribution in [3.8, 4) is 0 Å². The number of nitrogens with zero attached hydrogens (tertiary/aromatic N) is 2. The van der Waals surface area contributed by atoms with Gasteiger partial charge in [-0.25, -0.2) is 19.4 Å². The summed E-state index contributed by atoms with van der Waals surface area (Å²) in [6.07, 6.45) is -0.357. The van der Waals surface area contributed by atoms with Crippen LogP contribution in [-0.2, 0) is 25.7 Å². The Bertz CT molecular complexity index is 1330. The number of carbonyl (C=O) groups excluding carboxylic acids is 3. The lowest BCUT2D eigenvalue weighted by atomic mass is 10.1. The topological polar surface area (TPSA) is 128 Å². The molecule has 174 valence electrons. The van der Waals surface area contributed by atoms with E-state index >= 15 is 0 Å². The van der Waals surface area contributed by atoms with Crippen molar-refractivity contribution in [2.45, 2.75) is 26.4 Å². The summed E-state index contributed by atoms with van der Waals surface area (Å²) in [4.78, 5) is 48.6. The van der Waals surface area contributed by atoms with E-state index in [9.17, 15) is 19.2 Å². The summed E-state index contributed by atoms with van der Waals surface area (Å²) in [5, 5.41) is 8.43. The summed E-state index contributed by atoms with van der Waals surface area (Å²) in [6, 6.07) is 14.7. The Morgan fingerprint density at radius 2 is 1.85 bits per heavy atom. The van der Waals surface area contributed by atoms with E-state index in [0.717, 1.165) is 0 Å². The van der Waals surface area contributed by atoms with Gasteiger partial charge in [0.25, 0.3) is 0 Å². The highest BCUT2D eigenvalue weighted by Gasteiger charge is 2.26. The lowest BCUT2D eigenvalue weighted by molar-refractivity contribution is -0.137. The monoisotopic (exact) mass is 463 g/mol. The highest BCUT2D eigenvalue weighted by atomic mass is 16.5. The zero-order valence-corrected chi connectivity index (χ0v) is 18.3. The molecule has 34 heavy (non-hydrogen) atoms. The van der Waals surface area contributed by atoms with E-state index < -0.39 is 17.7 Å². The van der Waals surface area contributed by atoms with Crippen molar-refractivity contribution in [3.05, 3.63) is 70.6 Å². The number of fused-ring (bicyclic) bond motifs is 1.